The van der Waals surface area contributed by atoms with E-state index in [-0.39, 0.29) is 24.1 Å². The molecule has 1 aliphatic heterocycles. The number of fused-ring (bicyclic) bond motifs is 1. The third-order valence-corrected chi connectivity index (χ3v) is 4.38. The van der Waals surface area contributed by atoms with Crippen LogP contribution in [0.15, 0.2) is 18.3 Å². The first kappa shape index (κ1) is 12.7. The average Bonchev–Trinajstić information content (AvgIpc) is 2.92. The second-order valence-electron chi connectivity index (χ2n) is 5.40. The Hall–Kier alpha value is -1.33. The first-order valence-electron chi connectivity index (χ1n) is 7.05. The van der Waals surface area contributed by atoms with Crippen molar-refractivity contribution in [3.63, 3.8) is 0 Å². The van der Waals surface area contributed by atoms with Crippen LogP contribution >= 0.6 is 0 Å². The molecule has 0 bridgehead atoms. The molecule has 2 aliphatic rings. The fraction of sp³-hybridized carbons (Fsp3) is 0.643. The second kappa shape index (κ2) is 4.98. The van der Waals surface area contributed by atoms with E-state index >= 15 is 0 Å². The largest absolute Gasteiger partial charge is 0.376 e. The van der Waals surface area contributed by atoms with E-state index in [4.69, 9.17) is 10.5 Å². The van der Waals surface area contributed by atoms with Gasteiger partial charge in [0.15, 0.2) is 0 Å². The van der Waals surface area contributed by atoms with Crippen molar-refractivity contribution in [2.75, 3.05) is 6.61 Å². The van der Waals surface area contributed by atoms with Crippen LogP contribution in [0.25, 0.3) is 0 Å². The van der Waals surface area contributed by atoms with Crippen LogP contribution in [0.1, 0.15) is 30.3 Å². The van der Waals surface area contributed by atoms with Crippen molar-refractivity contribution >= 4 is 5.91 Å². The lowest BCUT2D eigenvalue weighted by Crippen LogP contribution is -2.72. The predicted octanol–water partition coefficient (Wildman–Crippen LogP) is 0.742. The number of nitrogens with one attached hydrogen (secondary N) is 1. The summed E-state index contributed by atoms with van der Waals surface area (Å²) in [5, 5.41) is 3.03. The molecule has 104 valence electrons. The highest BCUT2D eigenvalue weighted by atomic mass is 16.5. The molecule has 2 heterocycles. The van der Waals surface area contributed by atoms with Crippen LogP contribution in [-0.2, 0) is 11.3 Å². The molecule has 1 amide bonds. The van der Waals surface area contributed by atoms with Gasteiger partial charge in [0.2, 0.25) is 0 Å². The van der Waals surface area contributed by atoms with Crippen molar-refractivity contribution < 1.29 is 9.53 Å². The van der Waals surface area contributed by atoms with E-state index in [1.165, 1.54) is 0 Å². The lowest BCUT2D eigenvalue weighted by atomic mass is 9.68. The van der Waals surface area contributed by atoms with Crippen LogP contribution < -0.4 is 11.1 Å². The zero-order valence-corrected chi connectivity index (χ0v) is 11.2. The average molecular weight is 263 g/mol. The molecule has 5 heteroatoms. The number of carbonyl (C=O) groups excluding carboxylic acids is 1. The molecule has 1 saturated heterocycles. The molecule has 1 saturated carbocycles. The fourth-order valence-corrected chi connectivity index (χ4v) is 3.25. The first-order chi connectivity index (χ1) is 9.22. The molecule has 4 atom stereocenters. The van der Waals surface area contributed by atoms with E-state index in [0.29, 0.717) is 11.6 Å². The smallest absolute Gasteiger partial charge is 0.268 e. The molecule has 19 heavy (non-hydrogen) atoms. The molecule has 3 N–H and O–H groups in total. The van der Waals surface area contributed by atoms with Crippen molar-refractivity contribution in [3.05, 3.63) is 24.0 Å². The third-order valence-electron chi connectivity index (χ3n) is 4.38. The number of hydrogen-bond acceptors (Lipinski definition) is 3. The van der Waals surface area contributed by atoms with Gasteiger partial charge in [-0.2, -0.15) is 0 Å². The monoisotopic (exact) mass is 263 g/mol. The number of nitrogens with zero attached hydrogens (tertiary/aromatic N) is 1. The van der Waals surface area contributed by atoms with Gasteiger partial charge in [-0.1, -0.05) is 0 Å². The summed E-state index contributed by atoms with van der Waals surface area (Å²) in [5.74, 6) is 0.358. The fourth-order valence-electron chi connectivity index (χ4n) is 3.25. The summed E-state index contributed by atoms with van der Waals surface area (Å²) >= 11 is 0. The van der Waals surface area contributed by atoms with Gasteiger partial charge in [-0.05, 0) is 31.9 Å². The first-order valence-corrected chi connectivity index (χ1v) is 7.05. The maximum absolute atomic E-state index is 12.3. The van der Waals surface area contributed by atoms with Crippen LogP contribution in [0.4, 0.5) is 0 Å². The highest BCUT2D eigenvalue weighted by Crippen LogP contribution is 2.37. The molecule has 0 radical (unpaired) electrons. The minimum Gasteiger partial charge on any atom is -0.376 e. The van der Waals surface area contributed by atoms with Crippen molar-refractivity contribution in [1.82, 2.24) is 9.88 Å². The number of carbonyl (C=O) groups is 1. The minimum absolute atomic E-state index is 0.0271. The highest BCUT2D eigenvalue weighted by Gasteiger charge is 2.51. The molecule has 1 aromatic rings. The zero-order valence-electron chi connectivity index (χ0n) is 11.2. The van der Waals surface area contributed by atoms with Crippen molar-refractivity contribution in [1.29, 1.82) is 0 Å². The molecule has 0 aromatic carbocycles. The number of amides is 1. The Balaban J connectivity index is 1.67. The Morgan fingerprint density at radius 3 is 3.26 bits per heavy atom. The maximum atomic E-state index is 12.3. The van der Waals surface area contributed by atoms with E-state index in [2.05, 4.69) is 5.32 Å². The molecule has 0 spiro atoms. The summed E-state index contributed by atoms with van der Waals surface area (Å²) in [6.07, 6.45) is 4.21. The molecular formula is C14H21N3O2. The van der Waals surface area contributed by atoms with Crippen molar-refractivity contribution in [3.8, 4) is 0 Å². The van der Waals surface area contributed by atoms with Gasteiger partial charge in [-0.3, -0.25) is 4.79 Å². The summed E-state index contributed by atoms with van der Waals surface area (Å²) in [5.41, 5.74) is 6.84. The SMILES string of the molecule is CCn1cccc1C(=O)NC1C(N)C2CCCOC21. The number of aryl methyl sites for hydroxylation is 1. The van der Waals surface area contributed by atoms with Crippen LogP contribution in [0.5, 0.6) is 0 Å². The Bertz CT molecular complexity index is 471. The van der Waals surface area contributed by atoms with Gasteiger partial charge >= 0.3 is 0 Å². The topological polar surface area (TPSA) is 69.3 Å². The number of aromatic nitrogens is 1. The lowest BCUT2D eigenvalue weighted by molar-refractivity contribution is -0.117. The Labute approximate surface area is 113 Å². The molecule has 1 aromatic heterocycles. The summed E-state index contributed by atoms with van der Waals surface area (Å²) in [6, 6.07) is 3.71. The minimum atomic E-state index is -0.0556. The van der Waals surface area contributed by atoms with Gasteiger partial charge in [0.05, 0.1) is 12.1 Å². The lowest BCUT2D eigenvalue weighted by Gasteiger charge is -2.52. The summed E-state index contributed by atoms with van der Waals surface area (Å²) in [7, 11) is 0. The highest BCUT2D eigenvalue weighted by molar-refractivity contribution is 5.93. The molecule has 1 aliphatic carbocycles. The number of ether oxygens (including phenoxy) is 1. The van der Waals surface area contributed by atoms with E-state index in [0.717, 1.165) is 26.0 Å². The van der Waals surface area contributed by atoms with Gasteiger partial charge in [0, 0.05) is 31.3 Å². The summed E-state index contributed by atoms with van der Waals surface area (Å²) in [6.45, 7) is 3.59. The second-order valence-corrected chi connectivity index (χ2v) is 5.40. The maximum Gasteiger partial charge on any atom is 0.268 e. The van der Waals surface area contributed by atoms with Crippen LogP contribution in [0.2, 0.25) is 0 Å². The Morgan fingerprint density at radius 2 is 2.47 bits per heavy atom. The van der Waals surface area contributed by atoms with Crippen molar-refractivity contribution in [2.24, 2.45) is 11.7 Å². The third kappa shape index (κ3) is 2.07. The van der Waals surface area contributed by atoms with E-state index in [9.17, 15) is 4.79 Å². The van der Waals surface area contributed by atoms with Gasteiger partial charge in [-0.15, -0.1) is 0 Å². The molecule has 5 nitrogen and oxygen atoms in total. The number of rotatable bonds is 3. The van der Waals surface area contributed by atoms with Gasteiger partial charge in [0.1, 0.15) is 5.69 Å². The zero-order chi connectivity index (χ0) is 13.4. The predicted molar refractivity (Wildman–Crippen MR) is 71.8 cm³/mol. The number of hydrogen-bond donors (Lipinski definition) is 2. The van der Waals surface area contributed by atoms with Crippen LogP contribution in [0.3, 0.4) is 0 Å². The molecule has 3 rings (SSSR count). The quantitative estimate of drug-likeness (QED) is 0.845. The molecule has 4 unspecified atom stereocenters. The standard InChI is InChI=1S/C14H21N3O2/c1-2-17-7-3-6-10(17)14(18)16-12-11(15)9-5-4-8-19-13(9)12/h3,6-7,9,11-13H,2,4-5,8,15H2,1H3,(H,16,18). The van der Waals surface area contributed by atoms with Gasteiger partial charge < -0.3 is 20.4 Å². The number of nitrogens with two attached hydrogens (primary N) is 1. The van der Waals surface area contributed by atoms with E-state index in [1.807, 2.05) is 29.8 Å². The summed E-state index contributed by atoms with van der Waals surface area (Å²) in [4.78, 5) is 12.3. The Morgan fingerprint density at radius 1 is 1.63 bits per heavy atom. The molecule has 2 fully saturated rings. The van der Waals surface area contributed by atoms with Crippen LogP contribution in [-0.4, -0.2) is 35.3 Å². The van der Waals surface area contributed by atoms with Gasteiger partial charge in [-0.25, -0.2) is 0 Å². The van der Waals surface area contributed by atoms with Crippen LogP contribution in [0, 0.1) is 5.92 Å². The normalized spacial score (nSPS) is 33.4. The van der Waals surface area contributed by atoms with E-state index < -0.39 is 0 Å². The van der Waals surface area contributed by atoms with Gasteiger partial charge in [0.25, 0.3) is 5.91 Å². The Kier molecular flexibility index (Phi) is 3.33. The van der Waals surface area contributed by atoms with E-state index in [1.54, 1.807) is 0 Å². The molecular weight excluding hydrogens is 242 g/mol. The summed E-state index contributed by atoms with van der Waals surface area (Å²) < 4.78 is 7.66. The van der Waals surface area contributed by atoms with Crippen molar-refractivity contribution in [2.45, 2.75) is 44.5 Å².